The quantitative estimate of drug-likeness (QED) is 0.624. The van der Waals surface area contributed by atoms with Crippen molar-refractivity contribution < 1.29 is 4.79 Å². The zero-order valence-corrected chi connectivity index (χ0v) is 6.07. The summed E-state index contributed by atoms with van der Waals surface area (Å²) in [6.07, 6.45) is 1.38. The molecule has 4 nitrogen and oxygen atoms in total. The largest absolute Gasteiger partial charge is 0.354 e. The number of hydrogen-bond acceptors (Lipinski definition) is 2. The van der Waals surface area contributed by atoms with Crippen molar-refractivity contribution >= 4 is 17.5 Å². The topological polar surface area (TPSA) is 57.8 Å². The van der Waals surface area contributed by atoms with Crippen LogP contribution in [0.4, 0.5) is 0 Å². The molecule has 0 unspecified atom stereocenters. The van der Waals surface area contributed by atoms with Crippen molar-refractivity contribution in [1.29, 1.82) is 0 Å². The van der Waals surface area contributed by atoms with Crippen LogP contribution >= 0.6 is 11.6 Å². The van der Waals surface area contributed by atoms with Crippen LogP contribution in [0.3, 0.4) is 0 Å². The third kappa shape index (κ3) is 1.11. The average molecular weight is 160 g/mol. The Morgan fingerprint density at radius 2 is 2.60 bits per heavy atom. The van der Waals surface area contributed by atoms with E-state index >= 15 is 0 Å². The van der Waals surface area contributed by atoms with Gasteiger partial charge in [0.15, 0.2) is 0 Å². The van der Waals surface area contributed by atoms with Crippen LogP contribution in [0, 0.1) is 0 Å². The number of carbonyl (C=O) groups is 1. The Labute approximate surface area is 62.6 Å². The molecule has 0 aromatic carbocycles. The lowest BCUT2D eigenvalue weighted by molar-refractivity contribution is 0.0958. The Kier molecular flexibility index (Phi) is 1.91. The summed E-state index contributed by atoms with van der Waals surface area (Å²) in [5.41, 5.74) is 0.296. The summed E-state index contributed by atoms with van der Waals surface area (Å²) in [6, 6.07) is 0. The fraction of sp³-hybridized carbons (Fsp3) is 0.200. The molecule has 0 spiro atoms. The van der Waals surface area contributed by atoms with Crippen molar-refractivity contribution in [3.8, 4) is 0 Å². The van der Waals surface area contributed by atoms with Gasteiger partial charge >= 0.3 is 0 Å². The van der Waals surface area contributed by atoms with Crippen molar-refractivity contribution in [2.45, 2.75) is 0 Å². The van der Waals surface area contributed by atoms with E-state index in [4.69, 9.17) is 11.6 Å². The van der Waals surface area contributed by atoms with Gasteiger partial charge in [0, 0.05) is 7.05 Å². The second kappa shape index (κ2) is 2.70. The Morgan fingerprint density at radius 3 is 3.00 bits per heavy atom. The highest BCUT2D eigenvalue weighted by Gasteiger charge is 2.08. The van der Waals surface area contributed by atoms with Gasteiger partial charge < -0.3 is 5.32 Å². The van der Waals surface area contributed by atoms with Crippen molar-refractivity contribution in [2.75, 3.05) is 7.05 Å². The molecule has 1 rings (SSSR count). The SMILES string of the molecule is CNC(=O)c1[nH]ncc1Cl. The van der Waals surface area contributed by atoms with Gasteiger partial charge in [-0.15, -0.1) is 0 Å². The number of H-pyrrole nitrogens is 1. The monoisotopic (exact) mass is 159 g/mol. The minimum absolute atomic E-state index is 0.262. The van der Waals surface area contributed by atoms with Gasteiger partial charge in [-0.1, -0.05) is 11.6 Å². The van der Waals surface area contributed by atoms with Crippen LogP contribution < -0.4 is 5.32 Å². The van der Waals surface area contributed by atoms with Crippen LogP contribution in [-0.4, -0.2) is 23.2 Å². The molecule has 0 bridgehead atoms. The summed E-state index contributed by atoms with van der Waals surface area (Å²) >= 11 is 5.56. The predicted molar refractivity (Wildman–Crippen MR) is 37.0 cm³/mol. The maximum absolute atomic E-state index is 10.8. The second-order valence-corrected chi connectivity index (χ2v) is 2.08. The molecule has 1 heterocycles. The van der Waals surface area contributed by atoms with Crippen molar-refractivity contribution in [3.05, 3.63) is 16.9 Å². The molecule has 10 heavy (non-hydrogen) atoms. The standard InChI is InChI=1S/C5H6ClN3O/c1-7-5(10)4-3(6)2-8-9-4/h2H,1H3,(H,7,10)(H,8,9). The average Bonchev–Trinajstić information content (AvgIpc) is 2.34. The minimum atomic E-state index is -0.262. The lowest BCUT2D eigenvalue weighted by Crippen LogP contribution is -2.18. The van der Waals surface area contributed by atoms with E-state index in [0.29, 0.717) is 10.7 Å². The van der Waals surface area contributed by atoms with Crippen molar-refractivity contribution in [2.24, 2.45) is 0 Å². The van der Waals surface area contributed by atoms with E-state index in [0.717, 1.165) is 0 Å². The predicted octanol–water partition coefficient (Wildman–Crippen LogP) is 0.423. The van der Waals surface area contributed by atoms with Crippen LogP contribution in [0.5, 0.6) is 0 Å². The van der Waals surface area contributed by atoms with E-state index < -0.39 is 0 Å². The number of hydrogen-bond donors (Lipinski definition) is 2. The third-order valence-electron chi connectivity index (χ3n) is 1.05. The zero-order chi connectivity index (χ0) is 7.56. The number of amides is 1. The molecular weight excluding hydrogens is 154 g/mol. The summed E-state index contributed by atoms with van der Waals surface area (Å²) in [5.74, 6) is -0.262. The number of carbonyl (C=O) groups excluding carboxylic acids is 1. The lowest BCUT2D eigenvalue weighted by Gasteiger charge is -1.93. The molecule has 1 amide bonds. The van der Waals surface area contributed by atoms with Gasteiger partial charge in [0.1, 0.15) is 5.69 Å². The molecule has 0 saturated carbocycles. The van der Waals surface area contributed by atoms with Gasteiger partial charge in [-0.05, 0) is 0 Å². The Bertz CT molecular complexity index is 245. The fourth-order valence-corrected chi connectivity index (χ4v) is 0.733. The summed E-state index contributed by atoms with van der Waals surface area (Å²) in [5, 5.41) is 8.78. The first-order valence-corrected chi connectivity index (χ1v) is 3.04. The first-order chi connectivity index (χ1) is 4.75. The van der Waals surface area contributed by atoms with E-state index in [2.05, 4.69) is 15.5 Å². The van der Waals surface area contributed by atoms with Gasteiger partial charge in [-0.3, -0.25) is 9.89 Å². The number of nitrogens with zero attached hydrogens (tertiary/aromatic N) is 1. The van der Waals surface area contributed by atoms with Gasteiger partial charge in [-0.2, -0.15) is 5.10 Å². The van der Waals surface area contributed by atoms with Crippen LogP contribution in [0.2, 0.25) is 5.02 Å². The van der Waals surface area contributed by atoms with E-state index in [1.165, 1.54) is 13.2 Å². The molecule has 0 radical (unpaired) electrons. The molecule has 0 fully saturated rings. The van der Waals surface area contributed by atoms with Crippen LogP contribution in [0.25, 0.3) is 0 Å². The van der Waals surface area contributed by atoms with Gasteiger partial charge in [0.25, 0.3) is 5.91 Å². The molecule has 0 aliphatic carbocycles. The normalized spacial score (nSPS) is 9.40. The van der Waals surface area contributed by atoms with Crippen molar-refractivity contribution in [1.82, 2.24) is 15.5 Å². The van der Waals surface area contributed by atoms with E-state index in [1.54, 1.807) is 0 Å². The maximum Gasteiger partial charge on any atom is 0.270 e. The lowest BCUT2D eigenvalue weighted by atomic mass is 10.4. The minimum Gasteiger partial charge on any atom is -0.354 e. The summed E-state index contributed by atoms with van der Waals surface area (Å²) in [7, 11) is 1.53. The summed E-state index contributed by atoms with van der Waals surface area (Å²) in [4.78, 5) is 10.8. The van der Waals surface area contributed by atoms with E-state index in [1.807, 2.05) is 0 Å². The highest BCUT2D eigenvalue weighted by molar-refractivity contribution is 6.33. The zero-order valence-electron chi connectivity index (χ0n) is 5.31. The molecule has 54 valence electrons. The molecule has 0 atom stereocenters. The number of aromatic amines is 1. The molecule has 1 aromatic rings. The molecule has 5 heteroatoms. The van der Waals surface area contributed by atoms with Gasteiger partial charge in [0.2, 0.25) is 0 Å². The maximum atomic E-state index is 10.8. The molecule has 0 aliphatic rings. The molecule has 2 N–H and O–H groups in total. The first-order valence-electron chi connectivity index (χ1n) is 2.66. The second-order valence-electron chi connectivity index (χ2n) is 1.67. The molecular formula is C5H6ClN3O. The fourth-order valence-electron chi connectivity index (χ4n) is 0.556. The Morgan fingerprint density at radius 1 is 1.90 bits per heavy atom. The van der Waals surface area contributed by atoms with Gasteiger partial charge in [0.05, 0.1) is 11.2 Å². The van der Waals surface area contributed by atoms with Crippen molar-refractivity contribution in [3.63, 3.8) is 0 Å². The smallest absolute Gasteiger partial charge is 0.270 e. The molecule has 0 aliphatic heterocycles. The highest BCUT2D eigenvalue weighted by atomic mass is 35.5. The van der Waals surface area contributed by atoms with Crippen LogP contribution in [-0.2, 0) is 0 Å². The number of aromatic nitrogens is 2. The number of rotatable bonds is 1. The number of halogens is 1. The Hall–Kier alpha value is -1.03. The Balaban J connectivity index is 2.93. The van der Waals surface area contributed by atoms with Crippen LogP contribution in [0.15, 0.2) is 6.20 Å². The van der Waals surface area contributed by atoms with Crippen LogP contribution in [0.1, 0.15) is 10.5 Å². The summed E-state index contributed by atoms with van der Waals surface area (Å²) < 4.78 is 0. The third-order valence-corrected chi connectivity index (χ3v) is 1.33. The van der Waals surface area contributed by atoms with E-state index in [-0.39, 0.29) is 5.91 Å². The first kappa shape index (κ1) is 7.08. The van der Waals surface area contributed by atoms with Gasteiger partial charge in [-0.25, -0.2) is 0 Å². The molecule has 1 aromatic heterocycles. The molecule has 0 saturated heterocycles. The highest BCUT2D eigenvalue weighted by Crippen LogP contribution is 2.10. The van der Waals surface area contributed by atoms with E-state index in [9.17, 15) is 4.79 Å². The summed E-state index contributed by atoms with van der Waals surface area (Å²) in [6.45, 7) is 0. The number of nitrogens with one attached hydrogen (secondary N) is 2.